The van der Waals surface area contributed by atoms with Gasteiger partial charge in [-0.15, -0.1) is 13.2 Å². The normalized spacial score (nSPS) is 12.4. The van der Waals surface area contributed by atoms with Gasteiger partial charge >= 0.3 is 12.5 Å². The van der Waals surface area contributed by atoms with E-state index in [1.165, 1.54) is 12.1 Å². The highest BCUT2D eigenvalue weighted by Crippen LogP contribution is 2.34. The van der Waals surface area contributed by atoms with Crippen molar-refractivity contribution < 1.29 is 31.1 Å². The lowest BCUT2D eigenvalue weighted by Crippen LogP contribution is -2.17. The van der Waals surface area contributed by atoms with Crippen LogP contribution in [0.2, 0.25) is 0 Å². The number of benzene rings is 2. The van der Waals surface area contributed by atoms with Crippen molar-refractivity contribution in [3.63, 3.8) is 0 Å². The van der Waals surface area contributed by atoms with E-state index < -0.39 is 18.1 Å². The molecule has 0 atom stereocenters. The first-order valence-electron chi connectivity index (χ1n) is 7.61. The minimum atomic E-state index is -4.79. The van der Waals surface area contributed by atoms with Gasteiger partial charge in [-0.25, -0.2) is 4.98 Å². The fourth-order valence-corrected chi connectivity index (χ4v) is 2.72. The Labute approximate surface area is 149 Å². The van der Waals surface area contributed by atoms with Crippen LogP contribution in [0, 0.1) is 6.92 Å². The maximum Gasteiger partial charge on any atom is 0.573 e. The monoisotopic (exact) mass is 389 g/mol. The molecule has 0 saturated carbocycles. The van der Waals surface area contributed by atoms with Crippen LogP contribution in [0.1, 0.15) is 11.1 Å². The summed E-state index contributed by atoms with van der Waals surface area (Å²) in [7, 11) is 1.62. The molecule has 0 amide bonds. The van der Waals surface area contributed by atoms with Gasteiger partial charge in [0.15, 0.2) is 0 Å². The summed E-state index contributed by atoms with van der Waals surface area (Å²) in [6, 6.07) is 6.91. The van der Waals surface area contributed by atoms with Crippen LogP contribution in [0.5, 0.6) is 5.75 Å². The summed E-state index contributed by atoms with van der Waals surface area (Å²) in [5.74, 6) is -0.138. The fraction of sp³-hybridized carbons (Fsp3) is 0.235. The van der Waals surface area contributed by atoms with Crippen LogP contribution in [0.15, 0.2) is 36.4 Å². The Morgan fingerprint density at radius 2 is 1.63 bits per heavy atom. The second-order valence-electron chi connectivity index (χ2n) is 5.85. The summed E-state index contributed by atoms with van der Waals surface area (Å²) in [6.45, 7) is 1.55. The van der Waals surface area contributed by atoms with Gasteiger partial charge in [-0.3, -0.25) is 0 Å². The van der Waals surface area contributed by atoms with E-state index in [-0.39, 0.29) is 17.2 Å². The summed E-state index contributed by atoms with van der Waals surface area (Å²) in [6.07, 6.45) is -9.28. The van der Waals surface area contributed by atoms with Crippen molar-refractivity contribution in [1.29, 1.82) is 0 Å². The molecule has 0 aliphatic rings. The topological polar surface area (TPSA) is 39.1 Å². The van der Waals surface area contributed by atoms with Crippen molar-refractivity contribution in [2.75, 3.05) is 5.32 Å². The molecule has 0 radical (unpaired) electrons. The third kappa shape index (κ3) is 4.09. The Morgan fingerprint density at radius 1 is 1.00 bits per heavy atom. The molecule has 0 aliphatic heterocycles. The molecule has 3 aromatic rings. The maximum atomic E-state index is 13.0. The van der Waals surface area contributed by atoms with Gasteiger partial charge in [-0.1, -0.05) is 0 Å². The molecule has 0 bridgehead atoms. The first-order valence-corrected chi connectivity index (χ1v) is 7.61. The predicted molar refractivity (Wildman–Crippen MR) is 86.9 cm³/mol. The molecule has 27 heavy (non-hydrogen) atoms. The Hall–Kier alpha value is -2.91. The summed E-state index contributed by atoms with van der Waals surface area (Å²) in [5, 5.41) is 2.87. The summed E-state index contributed by atoms with van der Waals surface area (Å²) >= 11 is 0. The van der Waals surface area contributed by atoms with Crippen LogP contribution >= 0.6 is 0 Å². The summed E-state index contributed by atoms with van der Waals surface area (Å²) < 4.78 is 80.8. The van der Waals surface area contributed by atoms with Gasteiger partial charge in [0, 0.05) is 12.7 Å². The third-order valence-electron chi connectivity index (χ3n) is 3.83. The highest BCUT2D eigenvalue weighted by Gasteiger charge is 2.32. The fourth-order valence-electron chi connectivity index (χ4n) is 2.72. The van der Waals surface area contributed by atoms with Gasteiger partial charge in [0.1, 0.15) is 5.75 Å². The van der Waals surface area contributed by atoms with E-state index in [1.807, 2.05) is 0 Å². The number of fused-ring (bicyclic) bond motifs is 1. The zero-order valence-corrected chi connectivity index (χ0v) is 14.0. The Kier molecular flexibility index (Phi) is 4.44. The number of hydrogen-bond acceptors (Lipinski definition) is 3. The SMILES string of the molecule is Cc1cc(C(F)(F)F)cc2nc(Nc3ccc(OC(F)(F)F)cc3)n(C)c12. The molecule has 10 heteroatoms. The van der Waals surface area contributed by atoms with Gasteiger partial charge in [0.2, 0.25) is 5.95 Å². The van der Waals surface area contributed by atoms with Crippen LogP contribution in [0.3, 0.4) is 0 Å². The molecule has 2 aromatic carbocycles. The molecule has 0 saturated heterocycles. The highest BCUT2D eigenvalue weighted by atomic mass is 19.4. The highest BCUT2D eigenvalue weighted by molar-refractivity contribution is 5.83. The standard InChI is InChI=1S/C17H13F6N3O/c1-9-7-10(16(18,19)20)8-13-14(9)26(2)15(25-13)24-11-3-5-12(6-4-11)27-17(21,22)23/h3-8H,1-2H3,(H,24,25). The predicted octanol–water partition coefficient (Wildman–Crippen LogP) is 5.54. The quantitative estimate of drug-likeness (QED) is 0.598. The zero-order chi connectivity index (χ0) is 20.0. The second kappa shape index (κ2) is 6.36. The molecule has 144 valence electrons. The molecule has 1 N–H and O–H groups in total. The third-order valence-corrected chi connectivity index (χ3v) is 3.83. The number of imidazole rings is 1. The van der Waals surface area contributed by atoms with Crippen molar-refractivity contribution >= 4 is 22.7 Å². The van der Waals surface area contributed by atoms with E-state index in [2.05, 4.69) is 15.0 Å². The van der Waals surface area contributed by atoms with Gasteiger partial charge in [-0.2, -0.15) is 13.2 Å². The molecule has 4 nitrogen and oxygen atoms in total. The molecule has 1 heterocycles. The van der Waals surface area contributed by atoms with Crippen LogP contribution in [-0.2, 0) is 13.2 Å². The number of halogens is 6. The number of rotatable bonds is 3. The second-order valence-corrected chi connectivity index (χ2v) is 5.85. The largest absolute Gasteiger partial charge is 0.573 e. The van der Waals surface area contributed by atoms with Crippen LogP contribution in [-0.4, -0.2) is 15.9 Å². The van der Waals surface area contributed by atoms with Crippen molar-refractivity contribution in [3.05, 3.63) is 47.5 Å². The molecular formula is C17H13F6N3O. The van der Waals surface area contributed by atoms with Crippen molar-refractivity contribution in [1.82, 2.24) is 9.55 Å². The number of alkyl halides is 6. The lowest BCUT2D eigenvalue weighted by Gasteiger charge is -2.10. The Morgan fingerprint density at radius 3 is 2.19 bits per heavy atom. The smallest absolute Gasteiger partial charge is 0.406 e. The van der Waals surface area contributed by atoms with Crippen molar-refractivity contribution in [2.24, 2.45) is 7.05 Å². The van der Waals surface area contributed by atoms with E-state index in [9.17, 15) is 26.3 Å². The Bertz CT molecular complexity index is 973. The van der Waals surface area contributed by atoms with E-state index in [0.29, 0.717) is 16.8 Å². The molecule has 0 unspecified atom stereocenters. The number of ether oxygens (including phenoxy) is 1. The number of nitrogens with zero attached hydrogens (tertiary/aromatic N) is 2. The molecule has 0 fully saturated rings. The van der Waals surface area contributed by atoms with Crippen LogP contribution in [0.25, 0.3) is 11.0 Å². The molecular weight excluding hydrogens is 376 g/mol. The minimum absolute atomic E-state index is 0.157. The maximum absolute atomic E-state index is 13.0. The van der Waals surface area contributed by atoms with E-state index >= 15 is 0 Å². The molecule has 0 spiro atoms. The summed E-state index contributed by atoms with van der Waals surface area (Å²) in [4.78, 5) is 4.16. The average Bonchev–Trinajstić information content (AvgIpc) is 2.83. The van der Waals surface area contributed by atoms with Gasteiger partial charge in [0.25, 0.3) is 0 Å². The lowest BCUT2D eigenvalue weighted by atomic mass is 10.1. The van der Waals surface area contributed by atoms with Gasteiger partial charge < -0.3 is 14.6 Å². The van der Waals surface area contributed by atoms with Gasteiger partial charge in [0.05, 0.1) is 16.6 Å². The van der Waals surface area contributed by atoms with E-state index in [1.54, 1.807) is 18.5 Å². The first kappa shape index (κ1) is 18.9. The van der Waals surface area contributed by atoms with Gasteiger partial charge in [-0.05, 0) is 48.9 Å². The van der Waals surface area contributed by atoms with E-state index in [0.717, 1.165) is 24.3 Å². The number of aryl methyl sites for hydroxylation is 2. The molecule has 3 rings (SSSR count). The number of hydrogen-bond donors (Lipinski definition) is 1. The van der Waals surface area contributed by atoms with Crippen molar-refractivity contribution in [2.45, 2.75) is 19.5 Å². The zero-order valence-electron chi connectivity index (χ0n) is 14.0. The minimum Gasteiger partial charge on any atom is -0.406 e. The summed E-state index contributed by atoms with van der Waals surface area (Å²) in [5.41, 5.74) is 0.672. The number of aromatic nitrogens is 2. The average molecular weight is 389 g/mol. The molecule has 1 aromatic heterocycles. The number of anilines is 2. The lowest BCUT2D eigenvalue weighted by molar-refractivity contribution is -0.274. The van der Waals surface area contributed by atoms with E-state index in [4.69, 9.17) is 0 Å². The van der Waals surface area contributed by atoms with Crippen LogP contribution < -0.4 is 10.1 Å². The van der Waals surface area contributed by atoms with Crippen molar-refractivity contribution in [3.8, 4) is 5.75 Å². The first-order chi connectivity index (χ1) is 12.4. The molecule has 0 aliphatic carbocycles. The van der Waals surface area contributed by atoms with Crippen LogP contribution in [0.4, 0.5) is 38.0 Å². The Balaban J connectivity index is 1.91. The number of nitrogens with one attached hydrogen (secondary N) is 1.